The second-order valence-corrected chi connectivity index (χ2v) is 9.10. The van der Waals surface area contributed by atoms with E-state index in [1.807, 2.05) is 6.08 Å². The van der Waals surface area contributed by atoms with Crippen LogP contribution in [0.15, 0.2) is 59.8 Å². The van der Waals surface area contributed by atoms with Crippen LogP contribution in [0.5, 0.6) is 17.2 Å². The number of phenolic OH excluding ortho intramolecular Hbond substituents is 2. The average molecular weight is 543 g/mol. The molecule has 2 aliphatic heterocycles. The Morgan fingerprint density at radius 2 is 1.97 bits per heavy atom. The van der Waals surface area contributed by atoms with E-state index in [9.17, 15) is 19.8 Å². The second-order valence-electron chi connectivity index (χ2n) is 8.73. The minimum Gasteiger partial charge on any atom is -0.507 e. The van der Waals surface area contributed by atoms with Crippen LogP contribution in [0.25, 0.3) is 0 Å². The molecule has 0 radical (unpaired) electrons. The lowest BCUT2D eigenvalue weighted by atomic mass is 9.99. The van der Waals surface area contributed by atoms with Gasteiger partial charge in [0, 0.05) is 24.6 Å². The molecule has 0 bridgehead atoms. The van der Waals surface area contributed by atoms with E-state index in [4.69, 9.17) is 30.6 Å². The number of phenols is 2. The van der Waals surface area contributed by atoms with Crippen LogP contribution in [0, 0.1) is 0 Å². The fourth-order valence-corrected chi connectivity index (χ4v) is 4.11. The van der Waals surface area contributed by atoms with Crippen LogP contribution in [-0.2, 0) is 25.5 Å². The van der Waals surface area contributed by atoms with Crippen molar-refractivity contribution in [1.29, 1.82) is 0 Å². The number of oxime groups is 1. The molecule has 1 amide bonds. The second kappa shape index (κ2) is 12.0. The van der Waals surface area contributed by atoms with E-state index in [-0.39, 0.29) is 40.5 Å². The van der Waals surface area contributed by atoms with Crippen LogP contribution in [0.1, 0.15) is 29.3 Å². The van der Waals surface area contributed by atoms with E-state index in [1.54, 1.807) is 56.5 Å². The highest BCUT2D eigenvalue weighted by Crippen LogP contribution is 2.38. The lowest BCUT2D eigenvalue weighted by Gasteiger charge is -2.17. The molecule has 38 heavy (non-hydrogen) atoms. The number of hydrogen-bond acceptors (Lipinski definition) is 9. The highest BCUT2D eigenvalue weighted by atomic mass is 35.5. The van der Waals surface area contributed by atoms with Crippen molar-refractivity contribution in [2.75, 3.05) is 19.0 Å². The number of benzene rings is 2. The predicted molar refractivity (Wildman–Crippen MR) is 140 cm³/mol. The third kappa shape index (κ3) is 6.84. The van der Waals surface area contributed by atoms with Gasteiger partial charge in [-0.3, -0.25) is 4.79 Å². The zero-order valence-corrected chi connectivity index (χ0v) is 21.5. The molecule has 200 valence electrons. The van der Waals surface area contributed by atoms with Gasteiger partial charge in [-0.25, -0.2) is 4.79 Å². The van der Waals surface area contributed by atoms with Gasteiger partial charge in [0.1, 0.15) is 35.0 Å². The maximum atomic E-state index is 13.0. The Kier molecular flexibility index (Phi) is 8.55. The number of esters is 1. The number of allylic oxidation sites excluding steroid dienone is 3. The predicted octanol–water partition coefficient (Wildman–Crippen LogP) is 4.14. The molecule has 1 fully saturated rings. The summed E-state index contributed by atoms with van der Waals surface area (Å²) in [6.45, 7) is 1.32. The van der Waals surface area contributed by atoms with Gasteiger partial charge in [-0.2, -0.15) is 0 Å². The van der Waals surface area contributed by atoms with E-state index in [0.29, 0.717) is 17.9 Å². The summed E-state index contributed by atoms with van der Waals surface area (Å²) in [4.78, 5) is 30.6. The fraction of sp³-hybridized carbons (Fsp3) is 0.296. The summed E-state index contributed by atoms with van der Waals surface area (Å²) in [5.74, 6) is -1.51. The monoisotopic (exact) mass is 542 g/mol. The maximum Gasteiger partial charge on any atom is 0.342 e. The van der Waals surface area contributed by atoms with Gasteiger partial charge in [0.2, 0.25) is 0 Å². The lowest BCUT2D eigenvalue weighted by Crippen LogP contribution is -2.20. The molecular formula is C27H27ClN2O8. The zero-order valence-electron chi connectivity index (χ0n) is 20.7. The molecule has 2 aromatic carbocycles. The van der Waals surface area contributed by atoms with E-state index in [0.717, 1.165) is 6.07 Å². The molecule has 11 heteroatoms. The Labute approximate surface area is 224 Å². The van der Waals surface area contributed by atoms with Crippen LogP contribution < -0.4 is 10.1 Å². The number of anilines is 1. The van der Waals surface area contributed by atoms with Gasteiger partial charge in [-0.05, 0) is 42.8 Å². The van der Waals surface area contributed by atoms with Crippen molar-refractivity contribution in [1.82, 2.24) is 0 Å². The number of fused-ring (bicyclic) bond motifs is 2. The number of carbonyl (C=O) groups is 2. The Morgan fingerprint density at radius 1 is 1.21 bits per heavy atom. The summed E-state index contributed by atoms with van der Waals surface area (Å²) in [5.41, 5.74) is 0.706. The molecule has 1 saturated heterocycles. The lowest BCUT2D eigenvalue weighted by molar-refractivity contribution is -0.120. The number of epoxide rings is 1. The van der Waals surface area contributed by atoms with Crippen molar-refractivity contribution >= 4 is 34.9 Å². The molecule has 2 aromatic rings. The molecule has 4 rings (SSSR count). The summed E-state index contributed by atoms with van der Waals surface area (Å²) in [5, 5.41) is 27.3. The third-order valence-electron chi connectivity index (χ3n) is 5.83. The van der Waals surface area contributed by atoms with Gasteiger partial charge in [-0.1, -0.05) is 35.0 Å². The first-order chi connectivity index (χ1) is 18.2. The number of cyclic esters (lactones) is 1. The first kappa shape index (κ1) is 27.0. The first-order valence-electron chi connectivity index (χ1n) is 11.8. The van der Waals surface area contributed by atoms with Crippen molar-refractivity contribution in [3.63, 3.8) is 0 Å². The van der Waals surface area contributed by atoms with Crippen molar-refractivity contribution in [3.05, 3.63) is 70.8 Å². The van der Waals surface area contributed by atoms with Gasteiger partial charge < -0.3 is 34.6 Å². The van der Waals surface area contributed by atoms with Crippen LogP contribution in [-0.4, -0.2) is 59.8 Å². The van der Waals surface area contributed by atoms with E-state index in [2.05, 4.69) is 10.5 Å². The SMILES string of the molecule is COc1ccc(NC(=O)CO\N=C2/C=C/C=C\[C@H]3O[C@@H]3C[C@@H](C)OC(=O)c3c(O)cc(O)c(Cl)c3C2)cc1. The van der Waals surface area contributed by atoms with Gasteiger partial charge in [0.25, 0.3) is 5.91 Å². The summed E-state index contributed by atoms with van der Waals surface area (Å²) >= 11 is 6.33. The molecular weight excluding hydrogens is 516 g/mol. The molecule has 3 N–H and O–H groups in total. The van der Waals surface area contributed by atoms with Crippen molar-refractivity contribution < 1.29 is 38.9 Å². The number of methoxy groups -OCH3 is 1. The number of halogens is 1. The minimum atomic E-state index is -0.806. The molecule has 10 nitrogen and oxygen atoms in total. The fourth-order valence-electron chi connectivity index (χ4n) is 3.90. The number of hydrogen-bond donors (Lipinski definition) is 3. The molecule has 0 spiro atoms. The Morgan fingerprint density at radius 3 is 2.71 bits per heavy atom. The number of carbonyl (C=O) groups excluding carboxylic acids is 2. The smallest absolute Gasteiger partial charge is 0.342 e. The summed E-state index contributed by atoms with van der Waals surface area (Å²) < 4.78 is 16.2. The summed E-state index contributed by atoms with van der Waals surface area (Å²) in [6.07, 6.45) is 6.60. The van der Waals surface area contributed by atoms with Crippen LogP contribution >= 0.6 is 11.6 Å². The number of rotatable bonds is 5. The molecule has 0 aliphatic carbocycles. The number of nitrogens with zero attached hydrogens (tertiary/aromatic N) is 1. The third-order valence-corrected chi connectivity index (χ3v) is 6.25. The Hall–Kier alpha value is -4.02. The topological polar surface area (TPSA) is 139 Å². The molecule has 0 aromatic heterocycles. The quantitative estimate of drug-likeness (QED) is 0.291. The minimum absolute atomic E-state index is 0.0949. The van der Waals surface area contributed by atoms with Gasteiger partial charge >= 0.3 is 5.97 Å². The number of amides is 1. The Bertz CT molecular complexity index is 1290. The van der Waals surface area contributed by atoms with Gasteiger partial charge in [0.15, 0.2) is 6.61 Å². The first-order valence-corrected chi connectivity index (χ1v) is 12.2. The highest BCUT2D eigenvalue weighted by molar-refractivity contribution is 6.33. The van der Waals surface area contributed by atoms with Crippen LogP contribution in [0.3, 0.4) is 0 Å². The maximum absolute atomic E-state index is 13.0. The normalized spacial score (nSPS) is 23.7. The van der Waals surface area contributed by atoms with Gasteiger partial charge in [0.05, 0.1) is 23.9 Å². The highest BCUT2D eigenvalue weighted by Gasteiger charge is 2.38. The molecule has 0 saturated carbocycles. The zero-order chi connectivity index (χ0) is 27.2. The summed E-state index contributed by atoms with van der Waals surface area (Å²) in [6, 6.07) is 7.75. The molecule has 2 aliphatic rings. The van der Waals surface area contributed by atoms with Gasteiger partial charge in [-0.15, -0.1) is 0 Å². The average Bonchev–Trinajstić information content (AvgIpc) is 3.61. The Balaban J connectivity index is 1.56. The number of aromatic hydroxyl groups is 2. The standard InChI is InChI=1S/C27H27ClN2O8/c1-15-11-23-22(38-23)6-4-3-5-17(12-19-25(27(34)37-15)20(31)13-21(32)26(19)28)30-36-14-24(33)29-16-7-9-18(35-2)10-8-16/h3-10,13,15,22-23,31-32H,11-12,14H2,1-2H3,(H,29,33)/b5-3+,6-4-,30-17+/t15-,22-,23-/m1/s1. The van der Waals surface area contributed by atoms with Crippen molar-refractivity contribution in [3.8, 4) is 17.2 Å². The number of nitrogens with one attached hydrogen (secondary N) is 1. The van der Waals surface area contributed by atoms with Crippen molar-refractivity contribution in [2.24, 2.45) is 5.16 Å². The molecule has 3 atom stereocenters. The van der Waals surface area contributed by atoms with E-state index in [1.165, 1.54) is 0 Å². The van der Waals surface area contributed by atoms with Crippen LogP contribution in [0.4, 0.5) is 5.69 Å². The van der Waals surface area contributed by atoms with E-state index < -0.39 is 36.1 Å². The van der Waals surface area contributed by atoms with Crippen molar-refractivity contribution in [2.45, 2.75) is 38.1 Å². The summed E-state index contributed by atoms with van der Waals surface area (Å²) in [7, 11) is 1.55. The van der Waals surface area contributed by atoms with E-state index >= 15 is 0 Å². The molecule has 0 unspecified atom stereocenters. The molecule has 2 heterocycles. The largest absolute Gasteiger partial charge is 0.507 e. The number of ether oxygens (including phenoxy) is 3. The van der Waals surface area contributed by atoms with Crippen LogP contribution in [0.2, 0.25) is 5.02 Å².